The number of nitrogens with two attached hydrogens (primary N) is 1. The van der Waals surface area contributed by atoms with Gasteiger partial charge in [-0.2, -0.15) is 0 Å². The third-order valence-corrected chi connectivity index (χ3v) is 1.81. The Labute approximate surface area is 87.8 Å². The van der Waals surface area contributed by atoms with Crippen molar-refractivity contribution in [2.75, 3.05) is 5.32 Å². The van der Waals surface area contributed by atoms with Gasteiger partial charge >= 0.3 is 0 Å². The van der Waals surface area contributed by atoms with Crippen molar-refractivity contribution in [1.82, 2.24) is 0 Å². The van der Waals surface area contributed by atoms with E-state index in [9.17, 15) is 9.59 Å². The molecule has 2 amide bonds. The zero-order chi connectivity index (χ0) is 11.4. The number of hydrogen-bond acceptors (Lipinski definition) is 2. The van der Waals surface area contributed by atoms with Crippen LogP contribution in [0, 0.1) is 0 Å². The third kappa shape index (κ3) is 2.95. The first-order chi connectivity index (χ1) is 7.00. The van der Waals surface area contributed by atoms with Crippen molar-refractivity contribution in [3.05, 3.63) is 42.0 Å². The highest BCUT2D eigenvalue weighted by Gasteiger charge is 2.03. The van der Waals surface area contributed by atoms with E-state index >= 15 is 0 Å². The molecule has 78 valence electrons. The highest BCUT2D eigenvalue weighted by molar-refractivity contribution is 6.03. The normalized spacial score (nSPS) is 9.40. The molecule has 0 atom stereocenters. The minimum absolute atomic E-state index is 0.248. The minimum Gasteiger partial charge on any atom is -0.366 e. The Morgan fingerprint density at radius 1 is 1.27 bits per heavy atom. The Hall–Kier alpha value is -2.10. The number of amides is 2. The second-order valence-corrected chi connectivity index (χ2v) is 3.18. The van der Waals surface area contributed by atoms with Gasteiger partial charge in [0.05, 0.1) is 0 Å². The molecule has 0 aliphatic rings. The number of anilines is 1. The lowest BCUT2D eigenvalue weighted by Crippen LogP contribution is -2.13. The summed E-state index contributed by atoms with van der Waals surface area (Å²) in [5.41, 5.74) is 6.51. The van der Waals surface area contributed by atoms with Crippen LogP contribution in [-0.4, -0.2) is 11.8 Å². The summed E-state index contributed by atoms with van der Waals surface area (Å²) in [4.78, 5) is 22.0. The molecule has 0 aliphatic carbocycles. The molecule has 0 aromatic heterocycles. The Morgan fingerprint density at radius 2 is 1.80 bits per heavy atom. The fraction of sp³-hybridized carbons (Fsp3) is 0.0909. The van der Waals surface area contributed by atoms with Crippen LogP contribution < -0.4 is 11.1 Å². The largest absolute Gasteiger partial charge is 0.366 e. The molecule has 0 saturated heterocycles. The Morgan fingerprint density at radius 3 is 2.20 bits per heavy atom. The van der Waals surface area contributed by atoms with Gasteiger partial charge < -0.3 is 11.1 Å². The smallest absolute Gasteiger partial charge is 0.250 e. The lowest BCUT2D eigenvalue weighted by Gasteiger charge is -2.04. The summed E-state index contributed by atoms with van der Waals surface area (Å²) in [7, 11) is 0. The van der Waals surface area contributed by atoms with Crippen LogP contribution in [0.2, 0.25) is 0 Å². The van der Waals surface area contributed by atoms with Crippen LogP contribution in [-0.2, 0) is 4.79 Å². The van der Waals surface area contributed by atoms with Crippen LogP contribution in [0.25, 0.3) is 0 Å². The molecule has 15 heavy (non-hydrogen) atoms. The van der Waals surface area contributed by atoms with Gasteiger partial charge in [0.15, 0.2) is 0 Å². The lowest BCUT2D eigenvalue weighted by molar-refractivity contribution is -0.112. The summed E-state index contributed by atoms with van der Waals surface area (Å²) in [6.07, 6.45) is 0. The summed E-state index contributed by atoms with van der Waals surface area (Å²) in [6, 6.07) is 6.33. The van der Waals surface area contributed by atoms with Gasteiger partial charge in [-0.3, -0.25) is 9.59 Å². The SMILES string of the molecule is C=C(C)C(=O)Nc1ccc(C(N)=O)cc1. The maximum absolute atomic E-state index is 11.2. The Bertz CT molecular complexity index is 407. The molecule has 0 unspecified atom stereocenters. The van der Waals surface area contributed by atoms with E-state index in [0.717, 1.165) is 0 Å². The van der Waals surface area contributed by atoms with Gasteiger partial charge in [0.1, 0.15) is 0 Å². The molecule has 4 heteroatoms. The van der Waals surface area contributed by atoms with Crippen molar-refractivity contribution >= 4 is 17.5 Å². The van der Waals surface area contributed by atoms with E-state index in [-0.39, 0.29) is 5.91 Å². The van der Waals surface area contributed by atoms with Crippen LogP contribution >= 0.6 is 0 Å². The first-order valence-electron chi connectivity index (χ1n) is 4.37. The van der Waals surface area contributed by atoms with Gasteiger partial charge in [0.25, 0.3) is 5.91 Å². The van der Waals surface area contributed by atoms with Crippen molar-refractivity contribution in [2.24, 2.45) is 5.73 Å². The molecule has 1 aromatic carbocycles. The first kappa shape index (κ1) is 11.0. The van der Waals surface area contributed by atoms with Gasteiger partial charge in [0, 0.05) is 16.8 Å². The minimum atomic E-state index is -0.493. The zero-order valence-electron chi connectivity index (χ0n) is 8.41. The molecule has 0 aliphatic heterocycles. The molecule has 0 bridgehead atoms. The number of rotatable bonds is 3. The molecule has 4 nitrogen and oxygen atoms in total. The van der Waals surface area contributed by atoms with Crippen molar-refractivity contribution in [2.45, 2.75) is 6.92 Å². The van der Waals surface area contributed by atoms with E-state index in [2.05, 4.69) is 11.9 Å². The van der Waals surface area contributed by atoms with Gasteiger partial charge in [-0.05, 0) is 31.2 Å². The molecular formula is C11H12N2O2. The van der Waals surface area contributed by atoms with Crippen LogP contribution in [0.4, 0.5) is 5.69 Å². The average Bonchev–Trinajstić information content (AvgIpc) is 2.18. The van der Waals surface area contributed by atoms with Gasteiger partial charge in [-0.15, -0.1) is 0 Å². The topological polar surface area (TPSA) is 72.2 Å². The maximum Gasteiger partial charge on any atom is 0.250 e. The maximum atomic E-state index is 11.2. The zero-order valence-corrected chi connectivity index (χ0v) is 8.41. The molecule has 3 N–H and O–H groups in total. The standard InChI is InChI=1S/C11H12N2O2/c1-7(2)11(15)13-9-5-3-8(4-6-9)10(12)14/h3-6H,1H2,2H3,(H2,12,14)(H,13,15). The molecule has 1 rings (SSSR count). The number of nitrogens with one attached hydrogen (secondary N) is 1. The van der Waals surface area contributed by atoms with E-state index < -0.39 is 5.91 Å². The molecule has 0 fully saturated rings. The Kier molecular flexibility index (Phi) is 3.23. The Balaban J connectivity index is 2.77. The summed E-state index contributed by atoms with van der Waals surface area (Å²) in [6.45, 7) is 5.13. The summed E-state index contributed by atoms with van der Waals surface area (Å²) in [5.74, 6) is -0.741. The van der Waals surface area contributed by atoms with Gasteiger partial charge in [-0.1, -0.05) is 6.58 Å². The molecule has 0 heterocycles. The van der Waals surface area contributed by atoms with E-state index in [1.54, 1.807) is 31.2 Å². The highest BCUT2D eigenvalue weighted by atomic mass is 16.2. The summed E-state index contributed by atoms with van der Waals surface area (Å²) < 4.78 is 0. The molecule has 0 saturated carbocycles. The summed E-state index contributed by atoms with van der Waals surface area (Å²) in [5, 5.41) is 2.62. The number of benzene rings is 1. The van der Waals surface area contributed by atoms with E-state index in [4.69, 9.17) is 5.73 Å². The molecule has 0 radical (unpaired) electrons. The van der Waals surface area contributed by atoms with Gasteiger partial charge in [0.2, 0.25) is 5.91 Å². The fourth-order valence-electron chi connectivity index (χ4n) is 0.956. The molecule has 1 aromatic rings. The van der Waals surface area contributed by atoms with Crippen LogP contribution in [0.15, 0.2) is 36.4 Å². The summed E-state index contributed by atoms with van der Waals surface area (Å²) >= 11 is 0. The monoisotopic (exact) mass is 204 g/mol. The third-order valence-electron chi connectivity index (χ3n) is 1.81. The van der Waals surface area contributed by atoms with Crippen molar-refractivity contribution in [3.8, 4) is 0 Å². The second kappa shape index (κ2) is 4.41. The number of hydrogen-bond donors (Lipinski definition) is 2. The highest BCUT2D eigenvalue weighted by Crippen LogP contribution is 2.09. The van der Waals surface area contributed by atoms with Gasteiger partial charge in [-0.25, -0.2) is 0 Å². The molecule has 0 spiro atoms. The second-order valence-electron chi connectivity index (χ2n) is 3.18. The van der Waals surface area contributed by atoms with E-state index in [1.165, 1.54) is 0 Å². The van der Waals surface area contributed by atoms with Crippen LogP contribution in [0.5, 0.6) is 0 Å². The van der Waals surface area contributed by atoms with Crippen LogP contribution in [0.3, 0.4) is 0 Å². The average molecular weight is 204 g/mol. The molecular weight excluding hydrogens is 192 g/mol. The fourth-order valence-corrected chi connectivity index (χ4v) is 0.956. The number of primary amides is 1. The number of carbonyl (C=O) groups is 2. The van der Waals surface area contributed by atoms with Crippen molar-refractivity contribution in [1.29, 1.82) is 0 Å². The van der Waals surface area contributed by atoms with Crippen molar-refractivity contribution < 1.29 is 9.59 Å². The first-order valence-corrected chi connectivity index (χ1v) is 4.37. The van der Waals surface area contributed by atoms with Crippen molar-refractivity contribution in [3.63, 3.8) is 0 Å². The van der Waals surface area contributed by atoms with E-state index in [1.807, 2.05) is 0 Å². The predicted octanol–water partition coefficient (Wildman–Crippen LogP) is 1.30. The quantitative estimate of drug-likeness (QED) is 0.728. The lowest BCUT2D eigenvalue weighted by atomic mass is 10.2. The predicted molar refractivity (Wildman–Crippen MR) is 58.4 cm³/mol. The van der Waals surface area contributed by atoms with Crippen LogP contribution in [0.1, 0.15) is 17.3 Å². The van der Waals surface area contributed by atoms with E-state index in [0.29, 0.717) is 16.8 Å². The number of carbonyl (C=O) groups excluding carboxylic acids is 2.